The molecule has 0 saturated carbocycles. The zero-order valence-electron chi connectivity index (χ0n) is 24.2. The Morgan fingerprint density at radius 3 is 1.10 bits per heavy atom. The van der Waals surface area contributed by atoms with Crippen LogP contribution in [-0.2, 0) is 14.2 Å². The Morgan fingerprint density at radius 1 is 0.564 bits per heavy atom. The van der Waals surface area contributed by atoms with Crippen molar-refractivity contribution < 1.29 is 29.5 Å². The number of piperazine rings is 3. The fourth-order valence-electron chi connectivity index (χ4n) is 5.40. The van der Waals surface area contributed by atoms with Crippen molar-refractivity contribution in [1.82, 2.24) is 30.7 Å². The third-order valence-corrected chi connectivity index (χ3v) is 7.94. The molecule has 39 heavy (non-hydrogen) atoms. The first-order valence-corrected chi connectivity index (χ1v) is 15.0. The molecule has 3 aliphatic rings. The molecule has 0 aromatic rings. The number of rotatable bonds is 19. The van der Waals surface area contributed by atoms with Gasteiger partial charge in [0, 0.05) is 104 Å². The van der Waals surface area contributed by atoms with Crippen LogP contribution in [0, 0.1) is 5.41 Å². The Morgan fingerprint density at radius 2 is 0.846 bits per heavy atom. The monoisotopic (exact) mass is 560 g/mol. The summed E-state index contributed by atoms with van der Waals surface area (Å²) in [6.07, 6.45) is -0.911. The van der Waals surface area contributed by atoms with Gasteiger partial charge in [0.2, 0.25) is 0 Å². The lowest BCUT2D eigenvalue weighted by Gasteiger charge is -2.34. The van der Waals surface area contributed by atoms with Crippen LogP contribution in [0.1, 0.15) is 13.3 Å². The van der Waals surface area contributed by atoms with Gasteiger partial charge in [-0.1, -0.05) is 6.92 Å². The Kier molecular flexibility index (Phi) is 16.0. The molecule has 3 rings (SSSR count). The molecule has 0 amide bonds. The molecule has 3 unspecified atom stereocenters. The minimum atomic E-state index is -0.554. The van der Waals surface area contributed by atoms with Gasteiger partial charge in [-0.25, -0.2) is 0 Å². The fourth-order valence-corrected chi connectivity index (χ4v) is 5.40. The van der Waals surface area contributed by atoms with Crippen LogP contribution in [0.15, 0.2) is 0 Å². The van der Waals surface area contributed by atoms with Crippen LogP contribution in [0.5, 0.6) is 0 Å². The third-order valence-electron chi connectivity index (χ3n) is 7.94. The van der Waals surface area contributed by atoms with E-state index in [9.17, 15) is 15.3 Å². The van der Waals surface area contributed by atoms with Crippen LogP contribution in [-0.4, -0.2) is 186 Å². The molecule has 3 aliphatic heterocycles. The molecule has 230 valence electrons. The van der Waals surface area contributed by atoms with Crippen molar-refractivity contribution in [2.24, 2.45) is 5.41 Å². The molecule has 3 fully saturated rings. The lowest BCUT2D eigenvalue weighted by molar-refractivity contribution is -0.104. The summed E-state index contributed by atoms with van der Waals surface area (Å²) < 4.78 is 18.1. The van der Waals surface area contributed by atoms with Gasteiger partial charge in [-0.15, -0.1) is 0 Å². The zero-order chi connectivity index (χ0) is 27.8. The number of ether oxygens (including phenoxy) is 3. The average Bonchev–Trinajstić information content (AvgIpc) is 2.94. The van der Waals surface area contributed by atoms with Gasteiger partial charge in [0.05, 0.1) is 58.0 Å². The molecule has 0 radical (unpaired) electrons. The van der Waals surface area contributed by atoms with Crippen molar-refractivity contribution in [2.75, 3.05) is 138 Å². The molecule has 12 heteroatoms. The van der Waals surface area contributed by atoms with Gasteiger partial charge in [0.15, 0.2) is 0 Å². The second-order valence-electron chi connectivity index (χ2n) is 11.5. The van der Waals surface area contributed by atoms with Gasteiger partial charge in [-0.05, 0) is 6.42 Å². The summed E-state index contributed by atoms with van der Waals surface area (Å²) in [5.74, 6) is 0. The Hall–Kier alpha value is -0.480. The van der Waals surface area contributed by atoms with E-state index >= 15 is 0 Å². The minimum absolute atomic E-state index is 0.253. The summed E-state index contributed by atoms with van der Waals surface area (Å²) in [6, 6.07) is 0. The largest absolute Gasteiger partial charge is 0.389 e. The number of nitrogens with zero attached hydrogens (tertiary/aromatic N) is 3. The second kappa shape index (κ2) is 18.9. The van der Waals surface area contributed by atoms with E-state index in [1.165, 1.54) is 0 Å². The predicted octanol–water partition coefficient (Wildman–Crippen LogP) is -2.77. The molecule has 3 heterocycles. The van der Waals surface area contributed by atoms with Crippen molar-refractivity contribution in [3.05, 3.63) is 0 Å². The van der Waals surface area contributed by atoms with E-state index in [4.69, 9.17) is 14.2 Å². The maximum absolute atomic E-state index is 10.5. The van der Waals surface area contributed by atoms with E-state index in [1.807, 2.05) is 0 Å². The van der Waals surface area contributed by atoms with Crippen LogP contribution in [0.3, 0.4) is 0 Å². The van der Waals surface area contributed by atoms with E-state index in [0.29, 0.717) is 39.5 Å². The highest BCUT2D eigenvalue weighted by atomic mass is 16.5. The lowest BCUT2D eigenvalue weighted by atomic mass is 9.88. The van der Waals surface area contributed by atoms with Crippen LogP contribution < -0.4 is 16.0 Å². The van der Waals surface area contributed by atoms with Crippen LogP contribution in [0.4, 0.5) is 0 Å². The van der Waals surface area contributed by atoms with Gasteiger partial charge < -0.3 is 45.5 Å². The average molecular weight is 561 g/mol. The van der Waals surface area contributed by atoms with Gasteiger partial charge in [-0.3, -0.25) is 14.7 Å². The topological polar surface area (TPSA) is 134 Å². The second-order valence-corrected chi connectivity index (χ2v) is 11.5. The standard InChI is InChI=1S/C27H56N6O6/c1-2-27(21-37-18-24(34)15-31-9-3-28-4-10-31,22-38-19-25(35)16-32-11-5-29-6-12-32)23-39-20-26(36)17-33-13-7-30-8-14-33/h24-26,28-30,34-36H,2-23H2,1H3. The fraction of sp³-hybridized carbons (Fsp3) is 1.00. The van der Waals surface area contributed by atoms with E-state index in [-0.39, 0.29) is 19.8 Å². The normalized spacial score (nSPS) is 24.3. The molecule has 0 spiro atoms. The maximum Gasteiger partial charge on any atom is 0.0900 e. The van der Waals surface area contributed by atoms with Crippen LogP contribution in [0.2, 0.25) is 0 Å². The number of aliphatic hydroxyl groups is 3. The number of nitrogens with one attached hydrogen (secondary N) is 3. The Bertz CT molecular complexity index is 541. The summed E-state index contributed by atoms with van der Waals surface area (Å²) in [6.45, 7) is 17.1. The smallest absolute Gasteiger partial charge is 0.0900 e. The summed E-state index contributed by atoms with van der Waals surface area (Å²) in [7, 11) is 0. The Labute approximate surface area is 235 Å². The van der Waals surface area contributed by atoms with Crippen LogP contribution >= 0.6 is 0 Å². The highest BCUT2D eigenvalue weighted by Gasteiger charge is 2.31. The van der Waals surface area contributed by atoms with E-state index in [1.54, 1.807) is 0 Å². The molecule has 0 bridgehead atoms. The van der Waals surface area contributed by atoms with Gasteiger partial charge in [-0.2, -0.15) is 0 Å². The van der Waals surface area contributed by atoms with Gasteiger partial charge >= 0.3 is 0 Å². The maximum atomic E-state index is 10.5. The highest BCUT2D eigenvalue weighted by molar-refractivity contribution is 4.80. The van der Waals surface area contributed by atoms with Gasteiger partial charge in [0.1, 0.15) is 0 Å². The number of β-amino-alcohol motifs (C(OH)–C–C–N with tert-alkyl or cyclic N) is 3. The van der Waals surface area contributed by atoms with E-state index < -0.39 is 23.7 Å². The first kappa shape index (κ1) is 33.0. The third kappa shape index (κ3) is 13.4. The van der Waals surface area contributed by atoms with Crippen molar-refractivity contribution in [3.63, 3.8) is 0 Å². The van der Waals surface area contributed by atoms with Crippen LogP contribution in [0.25, 0.3) is 0 Å². The summed E-state index contributed by atoms with van der Waals surface area (Å²) in [5, 5.41) is 41.6. The highest BCUT2D eigenvalue weighted by Crippen LogP contribution is 2.24. The minimum Gasteiger partial charge on any atom is -0.389 e. The molecular formula is C27H56N6O6. The number of hydrogen-bond donors (Lipinski definition) is 6. The lowest BCUT2D eigenvalue weighted by Crippen LogP contribution is -2.48. The molecule has 0 aromatic carbocycles. The molecule has 12 nitrogen and oxygen atoms in total. The molecule has 3 atom stereocenters. The molecule has 0 aliphatic carbocycles. The number of hydrogen-bond acceptors (Lipinski definition) is 12. The Balaban J connectivity index is 1.44. The number of aliphatic hydroxyl groups excluding tert-OH is 3. The molecule has 3 saturated heterocycles. The molecule has 0 aromatic heterocycles. The van der Waals surface area contributed by atoms with Crippen molar-refractivity contribution in [1.29, 1.82) is 0 Å². The summed E-state index contributed by atoms with van der Waals surface area (Å²) >= 11 is 0. The SMILES string of the molecule is CCC(COCC(O)CN1CCNCC1)(COCC(O)CN1CCNCC1)COCC(O)CN1CCNCC1. The van der Waals surface area contributed by atoms with Crippen molar-refractivity contribution >= 4 is 0 Å². The predicted molar refractivity (Wildman–Crippen MR) is 151 cm³/mol. The van der Waals surface area contributed by atoms with Gasteiger partial charge in [0.25, 0.3) is 0 Å². The molecule has 6 N–H and O–H groups in total. The summed E-state index contributed by atoms with van der Waals surface area (Å²) in [4.78, 5) is 6.76. The first-order chi connectivity index (χ1) is 19.0. The van der Waals surface area contributed by atoms with Crippen molar-refractivity contribution in [3.8, 4) is 0 Å². The van der Waals surface area contributed by atoms with Crippen molar-refractivity contribution in [2.45, 2.75) is 31.7 Å². The molecular weight excluding hydrogens is 504 g/mol. The quantitative estimate of drug-likeness (QED) is 0.0977. The van der Waals surface area contributed by atoms with E-state index in [2.05, 4.69) is 37.6 Å². The first-order valence-electron chi connectivity index (χ1n) is 15.0. The summed E-state index contributed by atoms with van der Waals surface area (Å²) in [5.41, 5.74) is -0.432. The van der Waals surface area contributed by atoms with E-state index in [0.717, 1.165) is 85.0 Å². The zero-order valence-corrected chi connectivity index (χ0v) is 24.2.